The highest BCUT2D eigenvalue weighted by Gasteiger charge is 2.56. The minimum absolute atomic E-state index is 0.0230. The Morgan fingerprint density at radius 3 is 1.36 bits per heavy atom. The molecule has 0 spiro atoms. The van der Waals surface area contributed by atoms with Crippen LogP contribution >= 0.6 is 0 Å². The van der Waals surface area contributed by atoms with Crippen LogP contribution in [-0.4, -0.2) is 92.6 Å². The molecule has 0 aliphatic carbocycles. The molecule has 2 rings (SSSR count). The highest BCUT2D eigenvalue weighted by Crippen LogP contribution is 2.54. The summed E-state index contributed by atoms with van der Waals surface area (Å²) < 4.78 is 0. The predicted molar refractivity (Wildman–Crippen MR) is 146 cm³/mol. The molecule has 0 fully saturated rings. The quantitative estimate of drug-likeness (QED) is 0.169. The maximum atomic E-state index is 13.8. The SMILES string of the molecule is CC(C)(C)C(CCNC(=O)C(C(C(=O)NCCCC(=O)O)N1C(=O)C=CC1=O)N1C(=O)C=CC1=O)(C(=O)O)C(C)(C)C. The van der Waals surface area contributed by atoms with Gasteiger partial charge in [0.25, 0.3) is 23.6 Å². The van der Waals surface area contributed by atoms with Gasteiger partial charge in [0.05, 0.1) is 5.41 Å². The van der Waals surface area contributed by atoms with E-state index in [0.29, 0.717) is 9.80 Å². The molecular formula is C28H38N4O10. The molecule has 0 saturated carbocycles. The fourth-order valence-electron chi connectivity index (χ4n) is 5.83. The summed E-state index contributed by atoms with van der Waals surface area (Å²) >= 11 is 0. The first-order valence-electron chi connectivity index (χ1n) is 13.4. The van der Waals surface area contributed by atoms with Gasteiger partial charge in [-0.3, -0.25) is 48.2 Å². The van der Waals surface area contributed by atoms with Crippen molar-refractivity contribution in [3.05, 3.63) is 24.3 Å². The van der Waals surface area contributed by atoms with Crippen LogP contribution < -0.4 is 10.6 Å². The van der Waals surface area contributed by atoms with Gasteiger partial charge in [0.2, 0.25) is 11.8 Å². The molecule has 2 unspecified atom stereocenters. The van der Waals surface area contributed by atoms with Gasteiger partial charge in [0.15, 0.2) is 0 Å². The largest absolute Gasteiger partial charge is 0.481 e. The number of carbonyl (C=O) groups is 8. The van der Waals surface area contributed by atoms with Crippen LogP contribution in [0, 0.1) is 16.2 Å². The maximum absolute atomic E-state index is 13.8. The molecule has 4 N–H and O–H groups in total. The highest BCUT2D eigenvalue weighted by atomic mass is 16.4. The number of rotatable bonds is 13. The topological polar surface area (TPSA) is 208 Å². The Bertz CT molecular complexity index is 1190. The Labute approximate surface area is 243 Å². The van der Waals surface area contributed by atoms with Crippen LogP contribution in [0.15, 0.2) is 24.3 Å². The summed E-state index contributed by atoms with van der Waals surface area (Å²) in [7, 11) is 0. The van der Waals surface area contributed by atoms with Crippen molar-refractivity contribution in [2.75, 3.05) is 13.1 Å². The van der Waals surface area contributed by atoms with Crippen molar-refractivity contribution in [2.24, 2.45) is 16.2 Å². The third-order valence-electron chi connectivity index (χ3n) is 7.67. The number of carbonyl (C=O) groups excluding carboxylic acids is 6. The average Bonchev–Trinajstić information content (AvgIpc) is 3.35. The fourth-order valence-corrected chi connectivity index (χ4v) is 5.83. The van der Waals surface area contributed by atoms with E-state index >= 15 is 0 Å². The summed E-state index contributed by atoms with van der Waals surface area (Å²) in [6, 6.07) is -4.03. The standard InChI is InChI=1S/C28H38N4O10/c1-26(2,3)28(25(41)42,27(4,5)6)13-15-30-24(40)22(32-18(35)11-12-19(32)36)21(31-16(33)9-10-17(31)34)23(39)29-14-7-8-20(37)38/h9-12,21-22H,7-8,13-15H2,1-6H3,(H,29,39)(H,30,40)(H,37,38)(H,41,42). The summed E-state index contributed by atoms with van der Waals surface area (Å²) in [5.74, 6) is -8.28. The lowest BCUT2D eigenvalue weighted by Gasteiger charge is -2.50. The van der Waals surface area contributed by atoms with Gasteiger partial charge in [-0.1, -0.05) is 41.5 Å². The molecule has 0 bridgehead atoms. The smallest absolute Gasteiger partial charge is 0.310 e. The zero-order valence-electron chi connectivity index (χ0n) is 24.6. The van der Waals surface area contributed by atoms with E-state index in [-0.39, 0.29) is 32.4 Å². The van der Waals surface area contributed by atoms with Crippen LogP contribution in [0.3, 0.4) is 0 Å². The van der Waals surface area contributed by atoms with Crippen molar-refractivity contribution in [1.82, 2.24) is 20.4 Å². The van der Waals surface area contributed by atoms with Gasteiger partial charge in [-0.25, -0.2) is 0 Å². The molecule has 0 radical (unpaired) electrons. The average molecular weight is 591 g/mol. The molecule has 0 aromatic heterocycles. The van der Waals surface area contributed by atoms with Crippen LogP contribution in [-0.2, 0) is 38.4 Å². The van der Waals surface area contributed by atoms with Crippen LogP contribution in [0.5, 0.6) is 0 Å². The van der Waals surface area contributed by atoms with E-state index in [1.807, 2.05) is 0 Å². The van der Waals surface area contributed by atoms with Crippen LogP contribution in [0.1, 0.15) is 60.8 Å². The molecule has 0 saturated heterocycles. The number of hydrogen-bond donors (Lipinski definition) is 4. The van der Waals surface area contributed by atoms with E-state index in [0.717, 1.165) is 24.3 Å². The van der Waals surface area contributed by atoms with Gasteiger partial charge in [-0.05, 0) is 23.7 Å². The van der Waals surface area contributed by atoms with Crippen molar-refractivity contribution in [3.8, 4) is 0 Å². The van der Waals surface area contributed by atoms with Crippen LogP contribution in [0.2, 0.25) is 0 Å². The number of hydrogen-bond acceptors (Lipinski definition) is 8. The second kappa shape index (κ2) is 12.7. The zero-order chi connectivity index (χ0) is 32.2. The lowest BCUT2D eigenvalue weighted by atomic mass is 9.52. The van der Waals surface area contributed by atoms with Gasteiger partial charge in [-0.2, -0.15) is 0 Å². The molecule has 2 heterocycles. The lowest BCUT2D eigenvalue weighted by molar-refractivity contribution is -0.170. The summed E-state index contributed by atoms with van der Waals surface area (Å²) in [6.45, 7) is 10.1. The molecule has 6 amide bonds. The van der Waals surface area contributed by atoms with Gasteiger partial charge in [0, 0.05) is 43.8 Å². The number of carboxylic acid groups (broad SMARTS) is 2. The third kappa shape index (κ3) is 6.74. The van der Waals surface area contributed by atoms with Crippen molar-refractivity contribution < 1.29 is 48.6 Å². The predicted octanol–water partition coefficient (Wildman–Crippen LogP) is 0.224. The summed E-state index contributed by atoms with van der Waals surface area (Å²) in [5.41, 5.74) is -2.94. The van der Waals surface area contributed by atoms with E-state index in [2.05, 4.69) is 10.6 Å². The van der Waals surface area contributed by atoms with Crippen molar-refractivity contribution in [2.45, 2.75) is 72.9 Å². The van der Waals surface area contributed by atoms with Crippen molar-refractivity contribution in [1.29, 1.82) is 0 Å². The Hall–Kier alpha value is -4.36. The van der Waals surface area contributed by atoms with E-state index in [1.165, 1.54) is 0 Å². The second-order valence-electron chi connectivity index (χ2n) is 12.2. The summed E-state index contributed by atoms with van der Waals surface area (Å²) in [6.07, 6.45) is 3.05. The number of nitrogens with zero attached hydrogens (tertiary/aromatic N) is 2. The van der Waals surface area contributed by atoms with Gasteiger partial charge in [-0.15, -0.1) is 0 Å². The van der Waals surface area contributed by atoms with E-state index in [9.17, 15) is 43.5 Å². The zero-order valence-corrected chi connectivity index (χ0v) is 24.6. The minimum atomic E-state index is -2.02. The third-order valence-corrected chi connectivity index (χ3v) is 7.67. The molecule has 230 valence electrons. The second-order valence-corrected chi connectivity index (χ2v) is 12.2. The van der Waals surface area contributed by atoms with Gasteiger partial charge in [0.1, 0.15) is 12.1 Å². The fraction of sp³-hybridized carbons (Fsp3) is 0.571. The molecule has 42 heavy (non-hydrogen) atoms. The normalized spacial score (nSPS) is 17.1. The molecule has 0 aromatic carbocycles. The molecule has 2 aliphatic rings. The molecule has 2 atom stereocenters. The molecule has 14 nitrogen and oxygen atoms in total. The highest BCUT2D eigenvalue weighted by molar-refractivity contribution is 6.18. The Morgan fingerprint density at radius 2 is 1.05 bits per heavy atom. The minimum Gasteiger partial charge on any atom is -0.481 e. The Balaban J connectivity index is 2.50. The van der Waals surface area contributed by atoms with Gasteiger partial charge < -0.3 is 20.8 Å². The van der Waals surface area contributed by atoms with E-state index < -0.39 is 75.7 Å². The maximum Gasteiger partial charge on any atom is 0.310 e. The Morgan fingerprint density at radius 1 is 0.690 bits per heavy atom. The number of carboxylic acids is 2. The lowest BCUT2D eigenvalue weighted by Crippen LogP contribution is -2.66. The Kier molecular flexibility index (Phi) is 10.2. The monoisotopic (exact) mass is 590 g/mol. The molecule has 0 aromatic rings. The van der Waals surface area contributed by atoms with Crippen molar-refractivity contribution >= 4 is 47.4 Å². The number of amides is 6. The van der Waals surface area contributed by atoms with Crippen molar-refractivity contribution in [3.63, 3.8) is 0 Å². The number of aliphatic carboxylic acids is 2. The van der Waals surface area contributed by atoms with Gasteiger partial charge >= 0.3 is 11.9 Å². The summed E-state index contributed by atoms with van der Waals surface area (Å²) in [5, 5.41) is 24.1. The number of imide groups is 2. The van der Waals surface area contributed by atoms with E-state index in [4.69, 9.17) is 5.11 Å². The molecule has 2 aliphatic heterocycles. The molecular weight excluding hydrogens is 552 g/mol. The molecule has 14 heteroatoms. The van der Waals surface area contributed by atoms with Crippen LogP contribution in [0.25, 0.3) is 0 Å². The first kappa shape index (κ1) is 33.8. The first-order chi connectivity index (χ1) is 19.3. The van der Waals surface area contributed by atoms with E-state index in [1.54, 1.807) is 41.5 Å². The van der Waals surface area contributed by atoms with Crippen LogP contribution in [0.4, 0.5) is 0 Å². The number of nitrogens with one attached hydrogen (secondary N) is 2. The summed E-state index contributed by atoms with van der Waals surface area (Å²) in [4.78, 5) is 102. The first-order valence-corrected chi connectivity index (χ1v) is 13.4.